The molecule has 0 unspecified atom stereocenters. The van der Waals surface area contributed by atoms with Crippen molar-refractivity contribution in [2.75, 3.05) is 11.9 Å². The Morgan fingerprint density at radius 3 is 2.62 bits per heavy atom. The molecule has 7 nitrogen and oxygen atoms in total. The Morgan fingerprint density at radius 2 is 1.90 bits per heavy atom. The van der Waals surface area contributed by atoms with Gasteiger partial charge >= 0.3 is 12.6 Å². The fourth-order valence-corrected chi connectivity index (χ4v) is 2.77. The molecule has 3 aromatic rings. The smallest absolute Gasteiger partial charge is 0.387 e. The van der Waals surface area contributed by atoms with E-state index < -0.39 is 30.7 Å². The highest BCUT2D eigenvalue weighted by Crippen LogP contribution is 2.28. The molecular formula is C19H13ClF2N2O5. The topological polar surface area (TPSA) is 97.5 Å². The fourth-order valence-electron chi connectivity index (χ4n) is 2.55. The average Bonchev–Trinajstić information content (AvgIpc) is 2.67. The number of carbonyl (C=O) groups is 2. The minimum Gasteiger partial charge on any atom is -0.452 e. The molecule has 0 aliphatic rings. The van der Waals surface area contributed by atoms with Crippen LogP contribution in [-0.4, -0.2) is 30.1 Å². The number of aromatic nitrogens is 1. The maximum absolute atomic E-state index is 12.3. The number of hydrogen-bond donors (Lipinski definition) is 2. The zero-order valence-corrected chi connectivity index (χ0v) is 15.3. The molecule has 0 bridgehead atoms. The number of anilines is 1. The Bertz CT molecular complexity index is 1130. The summed E-state index contributed by atoms with van der Waals surface area (Å²) in [5.41, 5.74) is 0.186. The van der Waals surface area contributed by atoms with Crippen LogP contribution in [0, 0.1) is 0 Å². The third kappa shape index (κ3) is 5.08. The molecule has 3 rings (SSSR count). The normalized spacial score (nSPS) is 10.8. The fraction of sp³-hybridized carbons (Fsp3) is 0.105. The number of alkyl halides is 2. The van der Waals surface area contributed by atoms with Gasteiger partial charge in [-0.25, -0.2) is 4.79 Å². The zero-order chi connectivity index (χ0) is 21.0. The van der Waals surface area contributed by atoms with Crippen LogP contribution in [0.15, 0.2) is 53.3 Å². The van der Waals surface area contributed by atoms with E-state index in [9.17, 15) is 23.2 Å². The lowest BCUT2D eigenvalue weighted by Gasteiger charge is -2.10. The van der Waals surface area contributed by atoms with Crippen LogP contribution in [0.4, 0.5) is 14.5 Å². The predicted molar refractivity (Wildman–Crippen MR) is 102 cm³/mol. The van der Waals surface area contributed by atoms with Crippen LogP contribution < -0.4 is 15.6 Å². The van der Waals surface area contributed by atoms with Crippen LogP contribution in [0.1, 0.15) is 10.4 Å². The highest BCUT2D eigenvalue weighted by atomic mass is 35.5. The van der Waals surface area contributed by atoms with Crippen LogP contribution in [0.2, 0.25) is 5.02 Å². The molecule has 1 heterocycles. The molecule has 0 fully saturated rings. The summed E-state index contributed by atoms with van der Waals surface area (Å²) in [7, 11) is 0. The van der Waals surface area contributed by atoms with E-state index in [1.165, 1.54) is 18.2 Å². The molecular weight excluding hydrogens is 410 g/mol. The standard InChI is InChI=1S/C19H13ClF2N2O5/c20-13-7-10(5-6-15(13)29-19(21)22)23-17(26)9-28-18(27)12-8-16(25)24-14-4-2-1-3-11(12)14/h1-8,19H,9H2,(H,23,26)(H,24,25). The number of amides is 1. The van der Waals surface area contributed by atoms with Gasteiger partial charge in [0, 0.05) is 22.7 Å². The first-order valence-electron chi connectivity index (χ1n) is 8.17. The molecule has 1 amide bonds. The molecule has 10 heteroatoms. The largest absolute Gasteiger partial charge is 0.452 e. The molecule has 0 saturated carbocycles. The predicted octanol–water partition coefficient (Wildman–Crippen LogP) is 3.58. The van der Waals surface area contributed by atoms with Crippen molar-refractivity contribution in [3.8, 4) is 5.75 Å². The Hall–Kier alpha value is -3.46. The van der Waals surface area contributed by atoms with Crippen LogP contribution in [0.5, 0.6) is 5.75 Å². The van der Waals surface area contributed by atoms with Crippen molar-refractivity contribution in [3.05, 3.63) is 69.5 Å². The summed E-state index contributed by atoms with van der Waals surface area (Å²) < 4.78 is 33.6. The molecule has 0 aliphatic carbocycles. The number of pyridine rings is 1. The second-order valence-corrected chi connectivity index (χ2v) is 6.15. The van der Waals surface area contributed by atoms with Gasteiger partial charge in [-0.15, -0.1) is 0 Å². The van der Waals surface area contributed by atoms with E-state index >= 15 is 0 Å². The number of fused-ring (bicyclic) bond motifs is 1. The van der Waals surface area contributed by atoms with Crippen molar-refractivity contribution >= 4 is 40.1 Å². The highest BCUT2D eigenvalue weighted by molar-refractivity contribution is 6.32. The summed E-state index contributed by atoms with van der Waals surface area (Å²) in [5, 5.41) is 2.75. The van der Waals surface area contributed by atoms with Gasteiger partial charge in [-0.2, -0.15) is 8.78 Å². The lowest BCUT2D eigenvalue weighted by atomic mass is 10.1. The van der Waals surface area contributed by atoms with Crippen molar-refractivity contribution in [3.63, 3.8) is 0 Å². The van der Waals surface area contributed by atoms with Gasteiger partial charge in [0.05, 0.1) is 10.6 Å². The van der Waals surface area contributed by atoms with E-state index in [1.54, 1.807) is 24.3 Å². The molecule has 29 heavy (non-hydrogen) atoms. The van der Waals surface area contributed by atoms with E-state index in [2.05, 4.69) is 15.0 Å². The Balaban J connectivity index is 1.65. The van der Waals surface area contributed by atoms with Gasteiger partial charge in [-0.3, -0.25) is 9.59 Å². The number of nitrogens with one attached hydrogen (secondary N) is 2. The van der Waals surface area contributed by atoms with Gasteiger partial charge in [-0.1, -0.05) is 29.8 Å². The maximum atomic E-state index is 12.3. The monoisotopic (exact) mass is 422 g/mol. The Labute approximate surface area is 167 Å². The summed E-state index contributed by atoms with van der Waals surface area (Å²) in [6, 6.07) is 11.4. The highest BCUT2D eigenvalue weighted by Gasteiger charge is 2.15. The first-order chi connectivity index (χ1) is 13.8. The van der Waals surface area contributed by atoms with E-state index in [4.69, 9.17) is 16.3 Å². The third-order valence-electron chi connectivity index (χ3n) is 3.74. The lowest BCUT2D eigenvalue weighted by molar-refractivity contribution is -0.119. The molecule has 0 radical (unpaired) electrons. The second-order valence-electron chi connectivity index (χ2n) is 5.74. The number of hydrogen-bond acceptors (Lipinski definition) is 5. The minimum atomic E-state index is -3.03. The van der Waals surface area contributed by atoms with E-state index in [-0.39, 0.29) is 22.0 Å². The number of H-pyrrole nitrogens is 1. The van der Waals surface area contributed by atoms with E-state index in [0.717, 1.165) is 6.07 Å². The second kappa shape index (κ2) is 8.70. The van der Waals surface area contributed by atoms with Crippen molar-refractivity contribution < 1.29 is 27.8 Å². The van der Waals surface area contributed by atoms with Crippen LogP contribution in [-0.2, 0) is 9.53 Å². The van der Waals surface area contributed by atoms with Gasteiger partial charge in [0.1, 0.15) is 5.75 Å². The SMILES string of the molecule is O=C(COC(=O)c1cc(=O)[nH]c2ccccc12)Nc1ccc(OC(F)F)c(Cl)c1. The number of para-hydroxylation sites is 1. The Kier molecular flexibility index (Phi) is 6.08. The summed E-state index contributed by atoms with van der Waals surface area (Å²) in [6.07, 6.45) is 0. The first kappa shape index (κ1) is 20.3. The van der Waals surface area contributed by atoms with Gasteiger partial charge in [0.2, 0.25) is 5.56 Å². The number of aromatic amines is 1. The molecule has 0 atom stereocenters. The van der Waals surface area contributed by atoms with Crippen molar-refractivity contribution in [1.82, 2.24) is 4.98 Å². The molecule has 1 aromatic heterocycles. The minimum absolute atomic E-state index is 0.0219. The van der Waals surface area contributed by atoms with Gasteiger partial charge in [0.15, 0.2) is 6.61 Å². The van der Waals surface area contributed by atoms with Gasteiger partial charge < -0.3 is 19.8 Å². The number of rotatable bonds is 6. The summed E-state index contributed by atoms with van der Waals surface area (Å²) >= 11 is 5.81. The molecule has 0 saturated heterocycles. The number of benzene rings is 2. The van der Waals surface area contributed by atoms with E-state index in [0.29, 0.717) is 10.9 Å². The number of esters is 1. The van der Waals surface area contributed by atoms with Gasteiger partial charge in [0.25, 0.3) is 5.91 Å². The summed E-state index contributed by atoms with van der Waals surface area (Å²) in [6.45, 7) is -3.67. The summed E-state index contributed by atoms with van der Waals surface area (Å²) in [5.74, 6) is -1.78. The average molecular weight is 423 g/mol. The molecule has 0 aliphatic heterocycles. The molecule has 0 spiro atoms. The van der Waals surface area contributed by atoms with Crippen LogP contribution in [0.3, 0.4) is 0 Å². The van der Waals surface area contributed by atoms with Gasteiger partial charge in [-0.05, 0) is 24.3 Å². The zero-order valence-electron chi connectivity index (χ0n) is 14.6. The molecule has 2 aromatic carbocycles. The maximum Gasteiger partial charge on any atom is 0.387 e. The van der Waals surface area contributed by atoms with Crippen molar-refractivity contribution in [2.45, 2.75) is 6.61 Å². The first-order valence-corrected chi connectivity index (χ1v) is 8.54. The summed E-state index contributed by atoms with van der Waals surface area (Å²) in [4.78, 5) is 38.6. The van der Waals surface area contributed by atoms with Crippen molar-refractivity contribution in [2.24, 2.45) is 0 Å². The third-order valence-corrected chi connectivity index (χ3v) is 4.03. The number of carbonyl (C=O) groups excluding carboxylic acids is 2. The number of ether oxygens (including phenoxy) is 2. The quantitative estimate of drug-likeness (QED) is 0.592. The van der Waals surface area contributed by atoms with Crippen molar-refractivity contribution in [1.29, 1.82) is 0 Å². The van der Waals surface area contributed by atoms with Crippen LogP contribution in [0.25, 0.3) is 10.9 Å². The molecule has 2 N–H and O–H groups in total. The van der Waals surface area contributed by atoms with E-state index in [1.807, 2.05) is 0 Å². The van der Waals surface area contributed by atoms with Crippen LogP contribution >= 0.6 is 11.6 Å². The molecule has 150 valence electrons. The Morgan fingerprint density at radius 1 is 1.14 bits per heavy atom. The number of halogens is 3. The lowest BCUT2D eigenvalue weighted by Crippen LogP contribution is -2.22.